The molecule has 0 atom stereocenters. The van der Waals surface area contributed by atoms with Crippen LogP contribution in [0, 0.1) is 0 Å². The number of hydrogen-bond acceptors (Lipinski definition) is 7. The Morgan fingerprint density at radius 2 is 1.83 bits per heavy atom. The van der Waals surface area contributed by atoms with Crippen LogP contribution in [0.2, 0.25) is 0 Å². The molecule has 8 heteroatoms. The molecule has 0 saturated heterocycles. The van der Waals surface area contributed by atoms with Crippen molar-refractivity contribution < 1.29 is 23.8 Å². The standard InChI is InChI=1S/C15H14BrNO5S/c1-20-14(18)11-8(12(15(19)21-2)23-13(11)17)7-22-10-6-4-3-5-9(10)16/h3-6H,7,17H2,1-2H3. The Morgan fingerprint density at radius 1 is 1.17 bits per heavy atom. The molecule has 0 saturated carbocycles. The fraction of sp³-hybridized carbons (Fsp3) is 0.200. The SMILES string of the molecule is COC(=O)c1sc(N)c(C(=O)OC)c1COc1ccccc1Br. The molecule has 0 bridgehead atoms. The summed E-state index contributed by atoms with van der Waals surface area (Å²) in [6, 6.07) is 7.24. The van der Waals surface area contributed by atoms with Gasteiger partial charge in [0.15, 0.2) is 0 Å². The largest absolute Gasteiger partial charge is 0.488 e. The summed E-state index contributed by atoms with van der Waals surface area (Å²) in [6.07, 6.45) is 0. The molecule has 122 valence electrons. The Labute approximate surface area is 145 Å². The van der Waals surface area contributed by atoms with Gasteiger partial charge in [-0.25, -0.2) is 9.59 Å². The number of thiophene rings is 1. The van der Waals surface area contributed by atoms with Crippen molar-refractivity contribution in [2.45, 2.75) is 6.61 Å². The van der Waals surface area contributed by atoms with Crippen molar-refractivity contribution in [1.82, 2.24) is 0 Å². The van der Waals surface area contributed by atoms with Crippen LogP contribution in [-0.2, 0) is 16.1 Å². The molecule has 1 aromatic heterocycles. The topological polar surface area (TPSA) is 87.9 Å². The zero-order valence-corrected chi connectivity index (χ0v) is 14.8. The van der Waals surface area contributed by atoms with Crippen LogP contribution in [0.1, 0.15) is 25.6 Å². The number of halogens is 1. The molecule has 23 heavy (non-hydrogen) atoms. The number of esters is 2. The van der Waals surface area contributed by atoms with E-state index in [1.807, 2.05) is 18.2 Å². The zero-order chi connectivity index (χ0) is 17.0. The van der Waals surface area contributed by atoms with E-state index in [1.165, 1.54) is 14.2 Å². The van der Waals surface area contributed by atoms with Crippen molar-refractivity contribution >= 4 is 44.2 Å². The van der Waals surface area contributed by atoms with Crippen molar-refractivity contribution in [1.29, 1.82) is 0 Å². The molecule has 0 spiro atoms. The van der Waals surface area contributed by atoms with Gasteiger partial charge in [-0.15, -0.1) is 11.3 Å². The second-order valence-electron chi connectivity index (χ2n) is 4.35. The molecule has 1 aromatic carbocycles. The summed E-state index contributed by atoms with van der Waals surface area (Å²) in [6.45, 7) is -0.0226. The minimum absolute atomic E-state index is 0.0226. The summed E-state index contributed by atoms with van der Waals surface area (Å²) < 4.78 is 15.9. The Hall–Kier alpha value is -2.06. The second-order valence-corrected chi connectivity index (χ2v) is 6.26. The maximum absolute atomic E-state index is 11.9. The number of para-hydroxylation sites is 1. The lowest BCUT2D eigenvalue weighted by Gasteiger charge is -2.10. The van der Waals surface area contributed by atoms with Crippen LogP contribution in [-0.4, -0.2) is 26.2 Å². The number of anilines is 1. The fourth-order valence-electron chi connectivity index (χ4n) is 1.92. The summed E-state index contributed by atoms with van der Waals surface area (Å²) in [5, 5.41) is 0.183. The van der Waals surface area contributed by atoms with E-state index >= 15 is 0 Å². The highest BCUT2D eigenvalue weighted by Gasteiger charge is 2.27. The van der Waals surface area contributed by atoms with E-state index in [0.717, 1.165) is 15.8 Å². The van der Waals surface area contributed by atoms with Gasteiger partial charge >= 0.3 is 11.9 Å². The van der Waals surface area contributed by atoms with E-state index in [1.54, 1.807) is 6.07 Å². The number of methoxy groups -OCH3 is 2. The molecule has 0 aliphatic rings. The molecular weight excluding hydrogens is 386 g/mol. The number of benzene rings is 1. The Kier molecular flexibility index (Phi) is 5.62. The number of nitrogens with two attached hydrogens (primary N) is 1. The van der Waals surface area contributed by atoms with Gasteiger partial charge in [-0.05, 0) is 28.1 Å². The van der Waals surface area contributed by atoms with Crippen LogP contribution in [0.5, 0.6) is 5.75 Å². The Balaban J connectivity index is 2.40. The summed E-state index contributed by atoms with van der Waals surface area (Å²) in [5.41, 5.74) is 6.33. The highest BCUT2D eigenvalue weighted by Crippen LogP contribution is 2.34. The summed E-state index contributed by atoms with van der Waals surface area (Å²) in [7, 11) is 2.50. The number of ether oxygens (including phenoxy) is 3. The van der Waals surface area contributed by atoms with Crippen molar-refractivity contribution in [3.63, 3.8) is 0 Å². The molecule has 2 N–H and O–H groups in total. The minimum Gasteiger partial charge on any atom is -0.488 e. The van der Waals surface area contributed by atoms with Crippen molar-refractivity contribution in [2.75, 3.05) is 20.0 Å². The molecule has 1 heterocycles. The van der Waals surface area contributed by atoms with Crippen molar-refractivity contribution in [3.05, 3.63) is 44.7 Å². The van der Waals surface area contributed by atoms with Gasteiger partial charge in [0, 0.05) is 5.56 Å². The number of nitrogen functional groups attached to an aromatic ring is 1. The summed E-state index contributed by atoms with van der Waals surface area (Å²) >= 11 is 4.33. The van der Waals surface area contributed by atoms with Gasteiger partial charge in [0.25, 0.3) is 0 Å². The normalized spacial score (nSPS) is 10.2. The highest BCUT2D eigenvalue weighted by molar-refractivity contribution is 9.10. The second kappa shape index (κ2) is 7.47. The molecule has 0 amide bonds. The predicted octanol–water partition coefficient (Wildman–Crippen LogP) is 3.25. The molecule has 6 nitrogen and oxygen atoms in total. The lowest BCUT2D eigenvalue weighted by atomic mass is 10.1. The van der Waals surface area contributed by atoms with Crippen LogP contribution < -0.4 is 10.5 Å². The zero-order valence-electron chi connectivity index (χ0n) is 12.4. The molecule has 0 aliphatic heterocycles. The van der Waals surface area contributed by atoms with E-state index in [0.29, 0.717) is 11.3 Å². The van der Waals surface area contributed by atoms with Gasteiger partial charge < -0.3 is 19.9 Å². The first kappa shape index (κ1) is 17.3. The van der Waals surface area contributed by atoms with E-state index in [2.05, 4.69) is 15.9 Å². The lowest BCUT2D eigenvalue weighted by Crippen LogP contribution is -2.11. The highest BCUT2D eigenvalue weighted by atomic mass is 79.9. The quantitative estimate of drug-likeness (QED) is 0.776. The van der Waals surface area contributed by atoms with Gasteiger partial charge in [-0.1, -0.05) is 12.1 Å². The lowest BCUT2D eigenvalue weighted by molar-refractivity contribution is 0.0599. The van der Waals surface area contributed by atoms with Crippen molar-refractivity contribution in [3.8, 4) is 5.75 Å². The van der Waals surface area contributed by atoms with Crippen LogP contribution in [0.4, 0.5) is 5.00 Å². The number of carbonyl (C=O) groups is 2. The van der Waals surface area contributed by atoms with Crippen LogP contribution >= 0.6 is 27.3 Å². The Morgan fingerprint density at radius 3 is 2.43 bits per heavy atom. The molecule has 0 fully saturated rings. The van der Waals surface area contributed by atoms with E-state index in [-0.39, 0.29) is 22.0 Å². The van der Waals surface area contributed by atoms with Crippen LogP contribution in [0.3, 0.4) is 0 Å². The van der Waals surface area contributed by atoms with Gasteiger partial charge in [-0.3, -0.25) is 0 Å². The van der Waals surface area contributed by atoms with Gasteiger partial charge in [-0.2, -0.15) is 0 Å². The third-order valence-electron chi connectivity index (χ3n) is 3.00. The first-order chi connectivity index (χ1) is 11.0. The van der Waals surface area contributed by atoms with E-state index in [9.17, 15) is 9.59 Å². The predicted molar refractivity (Wildman–Crippen MR) is 89.9 cm³/mol. The van der Waals surface area contributed by atoms with Gasteiger partial charge in [0.2, 0.25) is 0 Å². The monoisotopic (exact) mass is 399 g/mol. The molecule has 2 rings (SSSR count). The average molecular weight is 400 g/mol. The first-order valence-corrected chi connectivity index (χ1v) is 8.05. The third kappa shape index (κ3) is 3.65. The van der Waals surface area contributed by atoms with Gasteiger partial charge in [0.05, 0.1) is 18.7 Å². The number of rotatable bonds is 5. The maximum Gasteiger partial charge on any atom is 0.348 e. The minimum atomic E-state index is -0.625. The summed E-state index contributed by atoms with van der Waals surface area (Å²) in [4.78, 5) is 24.1. The van der Waals surface area contributed by atoms with E-state index < -0.39 is 11.9 Å². The molecular formula is C15H14BrNO5S. The Bertz CT molecular complexity index is 743. The first-order valence-electron chi connectivity index (χ1n) is 6.44. The summed E-state index contributed by atoms with van der Waals surface area (Å²) in [5.74, 6) is -0.633. The molecule has 2 aromatic rings. The average Bonchev–Trinajstić information content (AvgIpc) is 2.89. The van der Waals surface area contributed by atoms with Crippen LogP contribution in [0.15, 0.2) is 28.7 Å². The van der Waals surface area contributed by atoms with Crippen molar-refractivity contribution in [2.24, 2.45) is 0 Å². The molecule has 0 radical (unpaired) electrons. The number of hydrogen-bond donors (Lipinski definition) is 1. The molecule has 0 unspecified atom stereocenters. The third-order valence-corrected chi connectivity index (χ3v) is 4.70. The smallest absolute Gasteiger partial charge is 0.348 e. The van der Waals surface area contributed by atoms with Gasteiger partial charge in [0.1, 0.15) is 27.8 Å². The van der Waals surface area contributed by atoms with Crippen LogP contribution in [0.25, 0.3) is 0 Å². The fourth-order valence-corrected chi connectivity index (χ4v) is 3.30. The van der Waals surface area contributed by atoms with E-state index in [4.69, 9.17) is 19.9 Å². The maximum atomic E-state index is 11.9. The number of carbonyl (C=O) groups excluding carboxylic acids is 2. The molecule has 0 aliphatic carbocycles.